The zero-order valence-corrected chi connectivity index (χ0v) is 16.2. The lowest BCUT2D eigenvalue weighted by Crippen LogP contribution is -2.37. The van der Waals surface area contributed by atoms with Gasteiger partial charge in [-0.1, -0.05) is 0 Å². The summed E-state index contributed by atoms with van der Waals surface area (Å²) < 4.78 is 1.74. The van der Waals surface area contributed by atoms with E-state index in [0.717, 1.165) is 0 Å². The Labute approximate surface area is 166 Å². The molecule has 1 aromatic carbocycles. The van der Waals surface area contributed by atoms with E-state index < -0.39 is 28.2 Å². The van der Waals surface area contributed by atoms with Crippen LogP contribution in [-0.4, -0.2) is 42.7 Å². The Hall–Kier alpha value is -3.05. The van der Waals surface area contributed by atoms with E-state index >= 15 is 0 Å². The second-order valence-electron chi connectivity index (χ2n) is 7.22. The van der Waals surface area contributed by atoms with Gasteiger partial charge in [-0.3, -0.25) is 20.2 Å². The highest BCUT2D eigenvalue weighted by Gasteiger charge is 2.37. The van der Waals surface area contributed by atoms with Crippen molar-refractivity contribution in [3.8, 4) is 0 Å². The monoisotopic (exact) mass is 405 g/mol. The molecule has 156 valence electrons. The Kier molecular flexibility index (Phi) is 5.80. The largest absolute Gasteiger partial charge is 0.392 e. The maximum atomic E-state index is 11.7. The van der Waals surface area contributed by atoms with Crippen LogP contribution in [0.15, 0.2) is 18.5 Å². The Balaban J connectivity index is 1.92. The molecule has 11 heteroatoms. The van der Waals surface area contributed by atoms with Crippen LogP contribution in [-0.2, 0) is 13.7 Å². The van der Waals surface area contributed by atoms with Gasteiger partial charge < -0.3 is 19.7 Å². The lowest BCUT2D eigenvalue weighted by atomic mass is 9.90. The van der Waals surface area contributed by atoms with Crippen LogP contribution >= 0.6 is 0 Å². The van der Waals surface area contributed by atoms with Gasteiger partial charge in [-0.15, -0.1) is 0 Å². The molecule has 1 aliphatic heterocycles. The zero-order chi connectivity index (χ0) is 21.3. The molecule has 0 aliphatic carbocycles. The SMILES string of the molecule is Cc1c(CO)cc([N+](=O)[O-])c(N2CCC(C(O)c3nccn3C)CC2)c1[N+](=O)[O-]. The first kappa shape index (κ1) is 20.7. The van der Waals surface area contributed by atoms with E-state index in [2.05, 4.69) is 4.98 Å². The summed E-state index contributed by atoms with van der Waals surface area (Å²) in [6.45, 7) is 1.61. The van der Waals surface area contributed by atoms with Crippen LogP contribution in [0.1, 0.15) is 35.9 Å². The van der Waals surface area contributed by atoms with Crippen LogP contribution in [0.5, 0.6) is 0 Å². The van der Waals surface area contributed by atoms with Crippen LogP contribution in [0, 0.1) is 33.1 Å². The summed E-state index contributed by atoms with van der Waals surface area (Å²) in [5.41, 5.74) is -0.416. The van der Waals surface area contributed by atoms with E-state index in [9.17, 15) is 30.4 Å². The van der Waals surface area contributed by atoms with Crippen molar-refractivity contribution in [1.29, 1.82) is 0 Å². The predicted octanol–water partition coefficient (Wildman–Crippen LogP) is 1.99. The van der Waals surface area contributed by atoms with E-state index in [1.807, 2.05) is 0 Å². The first-order chi connectivity index (χ1) is 13.8. The smallest absolute Gasteiger partial charge is 0.302 e. The molecule has 2 aromatic rings. The number of benzene rings is 1. The number of nitrogens with zero attached hydrogens (tertiary/aromatic N) is 5. The van der Waals surface area contributed by atoms with Crippen molar-refractivity contribution in [3.63, 3.8) is 0 Å². The third kappa shape index (κ3) is 3.78. The number of aryl methyl sites for hydroxylation is 1. The standard InChI is InChI=1S/C18H23N5O6/c1-11-13(10-24)9-14(22(26)27)16(15(11)23(28)29)21-6-3-12(4-7-21)17(25)18-19-5-8-20(18)2/h5,8-9,12,17,24-25H,3-4,6-7,10H2,1-2H3. The maximum absolute atomic E-state index is 11.7. The van der Waals surface area contributed by atoms with Gasteiger partial charge in [0.1, 0.15) is 11.9 Å². The lowest BCUT2D eigenvalue weighted by molar-refractivity contribution is -0.393. The highest BCUT2D eigenvalue weighted by atomic mass is 16.6. The van der Waals surface area contributed by atoms with Crippen molar-refractivity contribution in [3.05, 3.63) is 55.6 Å². The number of nitro benzene ring substituents is 2. The first-order valence-corrected chi connectivity index (χ1v) is 9.22. The molecule has 2 N–H and O–H groups in total. The molecule has 1 fully saturated rings. The van der Waals surface area contributed by atoms with Crippen molar-refractivity contribution in [1.82, 2.24) is 9.55 Å². The Morgan fingerprint density at radius 1 is 1.28 bits per heavy atom. The molecule has 11 nitrogen and oxygen atoms in total. The van der Waals surface area contributed by atoms with Crippen LogP contribution < -0.4 is 4.90 Å². The molecular weight excluding hydrogens is 382 g/mol. The average Bonchev–Trinajstić information content (AvgIpc) is 3.12. The number of hydrogen-bond acceptors (Lipinski definition) is 8. The fraction of sp³-hybridized carbons (Fsp3) is 0.500. The quantitative estimate of drug-likeness (QED) is 0.547. The van der Waals surface area contributed by atoms with Crippen LogP contribution in [0.25, 0.3) is 0 Å². The Bertz CT molecular complexity index is 935. The van der Waals surface area contributed by atoms with Crippen molar-refractivity contribution in [2.75, 3.05) is 18.0 Å². The van der Waals surface area contributed by atoms with Gasteiger partial charge in [0, 0.05) is 44.2 Å². The Morgan fingerprint density at radius 2 is 1.93 bits per heavy atom. The lowest BCUT2D eigenvalue weighted by Gasteiger charge is -2.35. The van der Waals surface area contributed by atoms with Crippen LogP contribution in [0.2, 0.25) is 0 Å². The summed E-state index contributed by atoms with van der Waals surface area (Å²) in [6.07, 6.45) is 3.57. The van der Waals surface area contributed by atoms with Gasteiger partial charge in [0.2, 0.25) is 0 Å². The number of aromatic nitrogens is 2. The number of anilines is 1. The van der Waals surface area contributed by atoms with Gasteiger partial charge in [0.15, 0.2) is 5.69 Å². The van der Waals surface area contributed by atoms with Gasteiger partial charge in [-0.05, 0) is 31.2 Å². The second-order valence-corrected chi connectivity index (χ2v) is 7.22. The normalized spacial score (nSPS) is 16.1. The second kappa shape index (κ2) is 8.13. The summed E-state index contributed by atoms with van der Waals surface area (Å²) in [4.78, 5) is 27.8. The van der Waals surface area contributed by atoms with Crippen molar-refractivity contribution in [2.24, 2.45) is 13.0 Å². The molecule has 0 bridgehead atoms. The molecule has 0 saturated carbocycles. The molecule has 2 heterocycles. The molecule has 0 radical (unpaired) electrons. The molecule has 29 heavy (non-hydrogen) atoms. The summed E-state index contributed by atoms with van der Waals surface area (Å²) in [5.74, 6) is 0.437. The molecule has 0 amide bonds. The van der Waals surface area contributed by atoms with Gasteiger partial charge in [0.25, 0.3) is 5.69 Å². The topological polar surface area (TPSA) is 148 Å². The number of hydrogen-bond donors (Lipinski definition) is 2. The van der Waals surface area contributed by atoms with Gasteiger partial charge in [0.05, 0.1) is 16.5 Å². The minimum atomic E-state index is -0.777. The van der Waals surface area contributed by atoms with E-state index in [0.29, 0.717) is 31.8 Å². The number of nitro groups is 2. The van der Waals surface area contributed by atoms with Crippen molar-refractivity contribution >= 4 is 17.1 Å². The molecule has 1 unspecified atom stereocenters. The number of aliphatic hydroxyl groups is 2. The summed E-state index contributed by atoms with van der Waals surface area (Å²) in [7, 11) is 1.79. The van der Waals surface area contributed by atoms with Gasteiger partial charge >= 0.3 is 5.69 Å². The third-order valence-corrected chi connectivity index (χ3v) is 5.59. The van der Waals surface area contributed by atoms with E-state index in [4.69, 9.17) is 0 Å². The van der Waals surface area contributed by atoms with Gasteiger partial charge in [-0.25, -0.2) is 4.98 Å². The molecule has 1 aromatic heterocycles. The van der Waals surface area contributed by atoms with Crippen molar-refractivity contribution < 1.29 is 20.1 Å². The summed E-state index contributed by atoms with van der Waals surface area (Å²) >= 11 is 0. The molecule has 1 atom stereocenters. The average molecular weight is 405 g/mol. The van der Waals surface area contributed by atoms with Gasteiger partial charge in [-0.2, -0.15) is 0 Å². The summed E-state index contributed by atoms with van der Waals surface area (Å²) in [6, 6.07) is 1.20. The molecule has 0 spiro atoms. The summed E-state index contributed by atoms with van der Waals surface area (Å²) in [5, 5.41) is 43.4. The highest BCUT2D eigenvalue weighted by Crippen LogP contribution is 2.44. The molecule has 1 aliphatic rings. The number of imidazole rings is 1. The van der Waals surface area contributed by atoms with E-state index in [1.165, 1.54) is 13.0 Å². The van der Waals surface area contributed by atoms with Crippen LogP contribution in [0.3, 0.4) is 0 Å². The maximum Gasteiger partial charge on any atom is 0.302 e. The minimum Gasteiger partial charge on any atom is -0.392 e. The highest BCUT2D eigenvalue weighted by molar-refractivity contribution is 5.79. The predicted molar refractivity (Wildman–Crippen MR) is 104 cm³/mol. The fourth-order valence-electron chi connectivity index (χ4n) is 3.94. The van der Waals surface area contributed by atoms with E-state index in [1.54, 1.807) is 28.9 Å². The third-order valence-electron chi connectivity index (χ3n) is 5.59. The number of piperidine rings is 1. The van der Waals surface area contributed by atoms with Crippen molar-refractivity contribution in [2.45, 2.75) is 32.5 Å². The minimum absolute atomic E-state index is 0.0420. The molecule has 1 saturated heterocycles. The van der Waals surface area contributed by atoms with Crippen LogP contribution in [0.4, 0.5) is 17.1 Å². The number of rotatable bonds is 6. The number of aliphatic hydroxyl groups excluding tert-OH is 2. The first-order valence-electron chi connectivity index (χ1n) is 9.22. The molecular formula is C18H23N5O6. The Morgan fingerprint density at radius 3 is 2.41 bits per heavy atom. The molecule has 3 rings (SSSR count). The fourth-order valence-corrected chi connectivity index (χ4v) is 3.94. The zero-order valence-electron chi connectivity index (χ0n) is 16.2. The van der Waals surface area contributed by atoms with E-state index in [-0.39, 0.29) is 28.4 Å².